The minimum absolute atomic E-state index is 0.134. The maximum atomic E-state index is 11.9. The van der Waals surface area contributed by atoms with Crippen LogP contribution in [0.5, 0.6) is 0 Å². The molecular formula is C18H27NO4. The molecule has 1 aromatic rings. The van der Waals surface area contributed by atoms with Crippen molar-refractivity contribution in [2.24, 2.45) is 5.92 Å². The Bertz CT molecular complexity index is 500. The zero-order valence-electron chi connectivity index (χ0n) is 14.3. The Morgan fingerprint density at radius 3 is 2.17 bits per heavy atom. The second-order valence-electron chi connectivity index (χ2n) is 5.92. The van der Waals surface area contributed by atoms with Gasteiger partial charge in [0, 0.05) is 0 Å². The van der Waals surface area contributed by atoms with E-state index in [1.165, 1.54) is 6.07 Å². The molecule has 128 valence electrons. The molecule has 0 radical (unpaired) electrons. The molecule has 0 amide bonds. The summed E-state index contributed by atoms with van der Waals surface area (Å²) in [7, 11) is 0. The van der Waals surface area contributed by atoms with Crippen LogP contribution in [0.1, 0.15) is 73.9 Å². The van der Waals surface area contributed by atoms with Crippen molar-refractivity contribution in [2.45, 2.75) is 52.9 Å². The number of rotatable bonds is 10. The standard InChI is InChI=1S/C18H27NO4/c1-4-5-6-7-12-22-17(20)15-9-8-10-16(19-15)18(21)23-13-11-14(2)3/h8-10,14H,4-7,11-13H2,1-3H3. The first kappa shape index (κ1) is 19.1. The highest BCUT2D eigenvalue weighted by molar-refractivity contribution is 5.91. The highest BCUT2D eigenvalue weighted by Gasteiger charge is 2.14. The van der Waals surface area contributed by atoms with Crippen LogP contribution < -0.4 is 0 Å². The number of carbonyl (C=O) groups excluding carboxylic acids is 2. The molecule has 0 unspecified atom stereocenters. The van der Waals surface area contributed by atoms with Crippen molar-refractivity contribution >= 4 is 11.9 Å². The van der Waals surface area contributed by atoms with E-state index >= 15 is 0 Å². The molecule has 0 spiro atoms. The van der Waals surface area contributed by atoms with E-state index in [0.29, 0.717) is 19.1 Å². The SMILES string of the molecule is CCCCCCOC(=O)c1cccc(C(=O)OCCC(C)C)n1. The lowest BCUT2D eigenvalue weighted by Crippen LogP contribution is -2.14. The second kappa shape index (κ2) is 10.8. The van der Waals surface area contributed by atoms with Crippen LogP contribution in [0.2, 0.25) is 0 Å². The lowest BCUT2D eigenvalue weighted by molar-refractivity contribution is 0.0476. The smallest absolute Gasteiger partial charge is 0.356 e. The summed E-state index contributed by atoms with van der Waals surface area (Å²) in [5.74, 6) is -0.550. The molecule has 0 aliphatic rings. The van der Waals surface area contributed by atoms with Crippen LogP contribution in [0.15, 0.2) is 18.2 Å². The van der Waals surface area contributed by atoms with Gasteiger partial charge in [-0.05, 0) is 30.9 Å². The zero-order chi connectivity index (χ0) is 17.1. The molecule has 0 fully saturated rings. The van der Waals surface area contributed by atoms with E-state index < -0.39 is 11.9 Å². The van der Waals surface area contributed by atoms with Crippen LogP contribution in [-0.2, 0) is 9.47 Å². The third kappa shape index (κ3) is 7.77. The van der Waals surface area contributed by atoms with Crippen molar-refractivity contribution in [3.8, 4) is 0 Å². The molecule has 0 N–H and O–H groups in total. The van der Waals surface area contributed by atoms with Gasteiger partial charge in [0.05, 0.1) is 13.2 Å². The molecule has 5 heteroatoms. The van der Waals surface area contributed by atoms with Gasteiger partial charge in [-0.3, -0.25) is 0 Å². The van der Waals surface area contributed by atoms with Crippen LogP contribution >= 0.6 is 0 Å². The molecule has 23 heavy (non-hydrogen) atoms. The van der Waals surface area contributed by atoms with Crippen molar-refractivity contribution in [2.75, 3.05) is 13.2 Å². The number of nitrogens with zero attached hydrogens (tertiary/aromatic N) is 1. The van der Waals surface area contributed by atoms with Gasteiger partial charge >= 0.3 is 11.9 Å². The molecule has 0 saturated heterocycles. The van der Waals surface area contributed by atoms with Crippen molar-refractivity contribution in [1.29, 1.82) is 0 Å². The lowest BCUT2D eigenvalue weighted by Gasteiger charge is -2.07. The van der Waals surface area contributed by atoms with Gasteiger partial charge in [-0.15, -0.1) is 0 Å². The molecule has 1 rings (SSSR count). The fraction of sp³-hybridized carbons (Fsp3) is 0.611. The second-order valence-corrected chi connectivity index (χ2v) is 5.92. The van der Waals surface area contributed by atoms with Crippen LogP contribution in [0.25, 0.3) is 0 Å². The van der Waals surface area contributed by atoms with Gasteiger partial charge in [-0.2, -0.15) is 0 Å². The molecule has 0 aliphatic heterocycles. The molecule has 1 aromatic heterocycles. The topological polar surface area (TPSA) is 65.5 Å². The minimum Gasteiger partial charge on any atom is -0.461 e. The molecule has 1 heterocycles. The predicted molar refractivity (Wildman–Crippen MR) is 88.4 cm³/mol. The minimum atomic E-state index is -0.511. The highest BCUT2D eigenvalue weighted by Crippen LogP contribution is 2.06. The fourth-order valence-corrected chi connectivity index (χ4v) is 1.89. The summed E-state index contributed by atoms with van der Waals surface area (Å²) in [4.78, 5) is 27.9. The van der Waals surface area contributed by atoms with E-state index in [1.807, 2.05) is 0 Å². The van der Waals surface area contributed by atoms with E-state index in [0.717, 1.165) is 32.1 Å². The summed E-state index contributed by atoms with van der Waals surface area (Å²) in [6.45, 7) is 6.97. The molecule has 0 aromatic carbocycles. The molecule has 0 bridgehead atoms. The monoisotopic (exact) mass is 321 g/mol. The third-order valence-corrected chi connectivity index (χ3v) is 3.33. The van der Waals surface area contributed by atoms with Crippen LogP contribution in [0, 0.1) is 5.92 Å². The predicted octanol–water partition coefficient (Wildman–Crippen LogP) is 4.02. The van der Waals surface area contributed by atoms with Gasteiger partial charge < -0.3 is 9.47 Å². The number of hydrogen-bond donors (Lipinski definition) is 0. The molecule has 0 atom stereocenters. The molecular weight excluding hydrogens is 294 g/mol. The summed E-state index contributed by atoms with van der Waals surface area (Å²) in [6, 6.07) is 4.69. The van der Waals surface area contributed by atoms with Crippen LogP contribution in [-0.4, -0.2) is 30.1 Å². The average molecular weight is 321 g/mol. The van der Waals surface area contributed by atoms with Crippen molar-refractivity contribution < 1.29 is 19.1 Å². The van der Waals surface area contributed by atoms with E-state index in [-0.39, 0.29) is 11.4 Å². The van der Waals surface area contributed by atoms with Gasteiger partial charge in [0.1, 0.15) is 11.4 Å². The molecule has 0 aliphatic carbocycles. The Hall–Kier alpha value is -1.91. The number of esters is 2. The van der Waals surface area contributed by atoms with Crippen molar-refractivity contribution in [3.05, 3.63) is 29.6 Å². The quantitative estimate of drug-likeness (QED) is 0.481. The first-order chi connectivity index (χ1) is 11.0. The Morgan fingerprint density at radius 2 is 1.61 bits per heavy atom. The van der Waals surface area contributed by atoms with Gasteiger partial charge in [0.2, 0.25) is 0 Å². The van der Waals surface area contributed by atoms with Crippen LogP contribution in [0.4, 0.5) is 0 Å². The zero-order valence-corrected chi connectivity index (χ0v) is 14.3. The van der Waals surface area contributed by atoms with Gasteiger partial charge in [0.15, 0.2) is 0 Å². The maximum Gasteiger partial charge on any atom is 0.356 e. The van der Waals surface area contributed by atoms with Gasteiger partial charge in [-0.1, -0.05) is 46.1 Å². The van der Waals surface area contributed by atoms with E-state index in [2.05, 4.69) is 25.8 Å². The highest BCUT2D eigenvalue weighted by atomic mass is 16.5. The number of ether oxygens (including phenoxy) is 2. The Labute approximate surface area is 138 Å². The lowest BCUT2D eigenvalue weighted by atomic mass is 10.1. The number of hydrogen-bond acceptors (Lipinski definition) is 5. The summed E-state index contributed by atoms with van der Waals surface area (Å²) in [5.41, 5.74) is 0.271. The summed E-state index contributed by atoms with van der Waals surface area (Å²) in [6.07, 6.45) is 4.95. The van der Waals surface area contributed by atoms with Crippen LogP contribution in [0.3, 0.4) is 0 Å². The third-order valence-electron chi connectivity index (χ3n) is 3.33. The van der Waals surface area contributed by atoms with Crippen molar-refractivity contribution in [3.63, 3.8) is 0 Å². The Morgan fingerprint density at radius 1 is 1.00 bits per heavy atom. The fourth-order valence-electron chi connectivity index (χ4n) is 1.89. The van der Waals surface area contributed by atoms with E-state index in [4.69, 9.17) is 9.47 Å². The normalized spacial score (nSPS) is 10.6. The van der Waals surface area contributed by atoms with Gasteiger partial charge in [0.25, 0.3) is 0 Å². The molecule has 0 saturated carbocycles. The van der Waals surface area contributed by atoms with E-state index in [9.17, 15) is 9.59 Å². The maximum absolute atomic E-state index is 11.9. The Balaban J connectivity index is 2.48. The summed E-state index contributed by atoms with van der Waals surface area (Å²) in [5, 5.41) is 0. The first-order valence-electron chi connectivity index (χ1n) is 8.36. The average Bonchev–Trinajstić information content (AvgIpc) is 2.54. The number of carbonyl (C=O) groups is 2. The largest absolute Gasteiger partial charge is 0.461 e. The summed E-state index contributed by atoms with van der Waals surface area (Å²) >= 11 is 0. The van der Waals surface area contributed by atoms with Gasteiger partial charge in [-0.25, -0.2) is 14.6 Å². The van der Waals surface area contributed by atoms with E-state index in [1.54, 1.807) is 12.1 Å². The number of aromatic nitrogens is 1. The van der Waals surface area contributed by atoms with Crippen molar-refractivity contribution in [1.82, 2.24) is 4.98 Å². The summed E-state index contributed by atoms with van der Waals surface area (Å²) < 4.78 is 10.3. The Kier molecular flexibility index (Phi) is 8.95. The number of pyridine rings is 1. The first-order valence-corrected chi connectivity index (χ1v) is 8.36. The number of unbranched alkanes of at least 4 members (excludes halogenated alkanes) is 3. The molecule has 5 nitrogen and oxygen atoms in total.